The molecule has 0 saturated carbocycles. The van der Waals surface area contributed by atoms with Crippen molar-refractivity contribution in [1.29, 1.82) is 0 Å². The van der Waals surface area contributed by atoms with Gasteiger partial charge in [-0.05, 0) is 24.3 Å². The predicted octanol–water partition coefficient (Wildman–Crippen LogP) is 2.95. The van der Waals surface area contributed by atoms with Crippen molar-refractivity contribution in [2.24, 2.45) is 7.05 Å². The van der Waals surface area contributed by atoms with E-state index in [0.717, 1.165) is 5.56 Å². The molecule has 2 N–H and O–H groups in total. The fraction of sp³-hybridized carbons (Fsp3) is 0.111. The lowest BCUT2D eigenvalue weighted by Gasteiger charge is -2.06. The Bertz CT molecular complexity index is 1050. The summed E-state index contributed by atoms with van der Waals surface area (Å²) in [5.74, 6) is 0.443. The van der Waals surface area contributed by atoms with Gasteiger partial charge in [0.2, 0.25) is 5.89 Å². The van der Waals surface area contributed by atoms with E-state index in [4.69, 9.17) is 4.42 Å². The molecule has 0 aliphatic carbocycles. The maximum absolute atomic E-state index is 12.0. The molecule has 26 heavy (non-hydrogen) atoms. The molecule has 8 heteroatoms. The summed E-state index contributed by atoms with van der Waals surface area (Å²) in [6.45, 7) is 0.397. The van der Waals surface area contributed by atoms with Gasteiger partial charge in [-0.25, -0.2) is 9.78 Å². The Hall–Kier alpha value is -3.68. The van der Waals surface area contributed by atoms with Crippen molar-refractivity contribution in [1.82, 2.24) is 25.1 Å². The third-order valence-corrected chi connectivity index (χ3v) is 3.74. The van der Waals surface area contributed by atoms with Crippen molar-refractivity contribution in [2.75, 3.05) is 5.32 Å². The van der Waals surface area contributed by atoms with Gasteiger partial charge in [-0.1, -0.05) is 6.07 Å². The van der Waals surface area contributed by atoms with E-state index in [9.17, 15) is 4.79 Å². The summed E-state index contributed by atoms with van der Waals surface area (Å²) in [6, 6.07) is 10.5. The molecule has 2 amide bonds. The van der Waals surface area contributed by atoms with Crippen LogP contribution in [-0.4, -0.2) is 25.8 Å². The standard InChI is InChI=1S/C18H16N6O2/c1-24-11-12(10-21-24)9-20-18(25)22-13-5-6-14-16(8-13)26-17(23-14)15-4-2-3-7-19-15/h2-8,10-11H,9H2,1H3,(H2,20,22,25). The number of carbonyl (C=O) groups excluding carboxylic acids is 1. The molecule has 0 bridgehead atoms. The first-order valence-electron chi connectivity index (χ1n) is 8.02. The van der Waals surface area contributed by atoms with Crippen LogP contribution in [0.15, 0.2) is 59.4 Å². The molecule has 3 heterocycles. The van der Waals surface area contributed by atoms with Crippen molar-refractivity contribution in [2.45, 2.75) is 6.54 Å². The quantitative estimate of drug-likeness (QED) is 0.591. The Morgan fingerprint density at radius 1 is 1.27 bits per heavy atom. The van der Waals surface area contributed by atoms with Crippen LogP contribution in [0, 0.1) is 0 Å². The Kier molecular flexibility index (Phi) is 4.06. The number of benzene rings is 1. The highest BCUT2D eigenvalue weighted by atomic mass is 16.3. The third-order valence-electron chi connectivity index (χ3n) is 3.74. The van der Waals surface area contributed by atoms with Crippen molar-refractivity contribution in [3.8, 4) is 11.6 Å². The van der Waals surface area contributed by atoms with Gasteiger partial charge < -0.3 is 15.1 Å². The average Bonchev–Trinajstić information content (AvgIpc) is 3.26. The number of anilines is 1. The first-order valence-corrected chi connectivity index (χ1v) is 8.02. The van der Waals surface area contributed by atoms with Crippen molar-refractivity contribution >= 4 is 22.8 Å². The summed E-state index contributed by atoms with van der Waals surface area (Å²) >= 11 is 0. The Morgan fingerprint density at radius 3 is 2.96 bits per heavy atom. The lowest BCUT2D eigenvalue weighted by atomic mass is 10.3. The second-order valence-corrected chi connectivity index (χ2v) is 5.75. The van der Waals surface area contributed by atoms with Crippen molar-refractivity contribution < 1.29 is 9.21 Å². The summed E-state index contributed by atoms with van der Waals surface area (Å²) in [5.41, 5.74) is 3.48. The van der Waals surface area contributed by atoms with Crippen LogP contribution in [-0.2, 0) is 13.6 Å². The molecule has 4 aromatic rings. The highest BCUT2D eigenvalue weighted by Crippen LogP contribution is 2.25. The molecule has 0 spiro atoms. The maximum atomic E-state index is 12.0. The van der Waals surface area contributed by atoms with Gasteiger partial charge in [0.05, 0.1) is 6.20 Å². The second kappa shape index (κ2) is 6.67. The molecule has 0 aliphatic heterocycles. The van der Waals surface area contributed by atoms with E-state index in [0.29, 0.717) is 34.9 Å². The number of nitrogens with one attached hydrogen (secondary N) is 2. The van der Waals surface area contributed by atoms with Crippen LogP contribution in [0.2, 0.25) is 0 Å². The highest BCUT2D eigenvalue weighted by molar-refractivity contribution is 5.91. The number of carbonyl (C=O) groups is 1. The number of aromatic nitrogens is 4. The minimum atomic E-state index is -0.308. The Balaban J connectivity index is 1.46. The summed E-state index contributed by atoms with van der Waals surface area (Å²) in [4.78, 5) is 20.7. The zero-order valence-corrected chi connectivity index (χ0v) is 14.0. The van der Waals surface area contributed by atoms with E-state index in [1.165, 1.54) is 0 Å². The van der Waals surface area contributed by atoms with Crippen LogP contribution in [0.25, 0.3) is 22.7 Å². The maximum Gasteiger partial charge on any atom is 0.319 e. The zero-order valence-electron chi connectivity index (χ0n) is 14.0. The molecule has 0 radical (unpaired) electrons. The topological polar surface area (TPSA) is 97.9 Å². The van der Waals surface area contributed by atoms with E-state index in [-0.39, 0.29) is 6.03 Å². The number of oxazole rings is 1. The Labute approximate surface area is 148 Å². The zero-order chi connectivity index (χ0) is 17.9. The van der Waals surface area contributed by atoms with Gasteiger partial charge >= 0.3 is 6.03 Å². The van der Waals surface area contributed by atoms with Crippen LogP contribution < -0.4 is 10.6 Å². The second-order valence-electron chi connectivity index (χ2n) is 5.75. The number of urea groups is 1. The van der Waals surface area contributed by atoms with Gasteiger partial charge in [0.15, 0.2) is 5.58 Å². The average molecular weight is 348 g/mol. The lowest BCUT2D eigenvalue weighted by Crippen LogP contribution is -2.27. The SMILES string of the molecule is Cn1cc(CNC(=O)Nc2ccc3nc(-c4ccccn4)oc3c2)cn1. The van der Waals surface area contributed by atoms with Gasteiger partial charge in [0.1, 0.15) is 11.2 Å². The number of hydrogen-bond acceptors (Lipinski definition) is 5. The summed E-state index contributed by atoms with van der Waals surface area (Å²) in [5, 5.41) is 9.62. The highest BCUT2D eigenvalue weighted by Gasteiger charge is 2.10. The Morgan fingerprint density at radius 2 is 2.19 bits per heavy atom. The molecule has 0 aliphatic rings. The number of hydrogen-bond donors (Lipinski definition) is 2. The van der Waals surface area contributed by atoms with Crippen LogP contribution in [0.1, 0.15) is 5.56 Å². The first-order chi connectivity index (χ1) is 12.7. The molecule has 1 aromatic carbocycles. The number of pyridine rings is 1. The van der Waals surface area contributed by atoms with Crippen LogP contribution in [0.4, 0.5) is 10.5 Å². The van der Waals surface area contributed by atoms with E-state index < -0.39 is 0 Å². The normalized spacial score (nSPS) is 10.8. The molecular formula is C18H16N6O2. The fourth-order valence-corrected chi connectivity index (χ4v) is 2.52. The summed E-state index contributed by atoms with van der Waals surface area (Å²) in [6.07, 6.45) is 5.24. The van der Waals surface area contributed by atoms with Crippen molar-refractivity contribution in [3.05, 3.63) is 60.6 Å². The van der Waals surface area contributed by atoms with Gasteiger partial charge in [-0.3, -0.25) is 9.67 Å². The molecule has 0 saturated heterocycles. The van der Waals surface area contributed by atoms with Crippen LogP contribution in [0.5, 0.6) is 0 Å². The monoisotopic (exact) mass is 348 g/mol. The number of amides is 2. The lowest BCUT2D eigenvalue weighted by molar-refractivity contribution is 0.251. The molecule has 0 fully saturated rings. The molecule has 130 valence electrons. The smallest absolute Gasteiger partial charge is 0.319 e. The molecule has 8 nitrogen and oxygen atoms in total. The molecule has 0 unspecified atom stereocenters. The van der Waals surface area contributed by atoms with E-state index in [2.05, 4.69) is 25.7 Å². The van der Waals surface area contributed by atoms with Crippen LogP contribution >= 0.6 is 0 Å². The number of aryl methyl sites for hydroxylation is 1. The third kappa shape index (κ3) is 3.39. The van der Waals surface area contributed by atoms with Crippen molar-refractivity contribution in [3.63, 3.8) is 0 Å². The first kappa shape index (κ1) is 15.8. The fourth-order valence-electron chi connectivity index (χ4n) is 2.52. The van der Waals surface area contributed by atoms with E-state index in [1.807, 2.05) is 31.4 Å². The van der Waals surface area contributed by atoms with Gasteiger partial charge in [0.25, 0.3) is 0 Å². The van der Waals surface area contributed by atoms with Gasteiger partial charge in [-0.15, -0.1) is 0 Å². The summed E-state index contributed by atoms with van der Waals surface area (Å²) in [7, 11) is 1.83. The minimum absolute atomic E-state index is 0.308. The number of fused-ring (bicyclic) bond motifs is 1. The largest absolute Gasteiger partial charge is 0.435 e. The summed E-state index contributed by atoms with van der Waals surface area (Å²) < 4.78 is 7.44. The number of nitrogens with zero attached hydrogens (tertiary/aromatic N) is 4. The molecule has 4 rings (SSSR count). The molecule has 0 atom stereocenters. The van der Waals surface area contributed by atoms with E-state index in [1.54, 1.807) is 35.3 Å². The molecular weight excluding hydrogens is 332 g/mol. The minimum Gasteiger partial charge on any atom is -0.435 e. The predicted molar refractivity (Wildman–Crippen MR) is 96.3 cm³/mol. The number of rotatable bonds is 4. The van der Waals surface area contributed by atoms with Gasteiger partial charge in [-0.2, -0.15) is 5.10 Å². The van der Waals surface area contributed by atoms with Crippen LogP contribution in [0.3, 0.4) is 0 Å². The van der Waals surface area contributed by atoms with E-state index >= 15 is 0 Å². The van der Waals surface area contributed by atoms with Gasteiger partial charge in [0, 0.05) is 43.3 Å². The molecule has 3 aromatic heterocycles.